The van der Waals surface area contributed by atoms with E-state index < -0.39 is 0 Å². The highest BCUT2D eigenvalue weighted by Gasteiger charge is 2.01. The number of oxime groups is 1. The minimum atomic E-state index is 0.124. The van der Waals surface area contributed by atoms with E-state index in [1.165, 1.54) is 6.21 Å². The fourth-order valence-electron chi connectivity index (χ4n) is 0.799. The molecule has 72 valence electrons. The van der Waals surface area contributed by atoms with Crippen molar-refractivity contribution in [1.29, 1.82) is 0 Å². The molecule has 0 N–H and O–H groups in total. The first kappa shape index (κ1) is 10.9. The van der Waals surface area contributed by atoms with Crippen molar-refractivity contribution in [1.82, 2.24) is 0 Å². The number of hydrogen-bond donors (Lipinski definition) is 0. The molecule has 14 heavy (non-hydrogen) atoms. The van der Waals surface area contributed by atoms with Crippen molar-refractivity contribution in [3.8, 4) is 12.3 Å². The van der Waals surface area contributed by atoms with Gasteiger partial charge in [0.1, 0.15) is 0 Å². The van der Waals surface area contributed by atoms with Gasteiger partial charge in [-0.05, 0) is 12.1 Å². The zero-order valence-electron chi connectivity index (χ0n) is 7.21. The van der Waals surface area contributed by atoms with E-state index in [0.717, 1.165) is 0 Å². The van der Waals surface area contributed by atoms with Crippen molar-refractivity contribution < 1.29 is 4.84 Å². The monoisotopic (exact) mass is 227 g/mol. The summed E-state index contributed by atoms with van der Waals surface area (Å²) >= 11 is 11.7. The van der Waals surface area contributed by atoms with E-state index in [9.17, 15) is 0 Å². The summed E-state index contributed by atoms with van der Waals surface area (Å²) in [6.07, 6.45) is 6.40. The molecule has 0 aliphatic rings. The van der Waals surface area contributed by atoms with Crippen molar-refractivity contribution in [2.45, 2.75) is 0 Å². The summed E-state index contributed by atoms with van der Waals surface area (Å²) in [5.41, 5.74) is 0.618. The molecule has 0 bridgehead atoms. The summed E-state index contributed by atoms with van der Waals surface area (Å²) in [5, 5.41) is 4.65. The predicted octanol–water partition coefficient (Wildman–Crippen LogP) is 2.98. The predicted molar refractivity (Wildman–Crippen MR) is 58.8 cm³/mol. The van der Waals surface area contributed by atoms with Crippen LogP contribution in [0.3, 0.4) is 0 Å². The molecule has 0 aliphatic carbocycles. The van der Waals surface area contributed by atoms with E-state index in [2.05, 4.69) is 11.1 Å². The number of terminal acetylenes is 1. The summed E-state index contributed by atoms with van der Waals surface area (Å²) in [5.74, 6) is 2.28. The van der Waals surface area contributed by atoms with Crippen molar-refractivity contribution in [3.63, 3.8) is 0 Å². The Kier molecular flexibility index (Phi) is 4.31. The number of benzene rings is 1. The van der Waals surface area contributed by atoms with E-state index in [0.29, 0.717) is 15.6 Å². The Morgan fingerprint density at radius 2 is 2.07 bits per heavy atom. The normalized spacial score (nSPS) is 10.1. The van der Waals surface area contributed by atoms with Gasteiger partial charge in [-0.25, -0.2) is 0 Å². The van der Waals surface area contributed by atoms with Gasteiger partial charge in [-0.2, -0.15) is 0 Å². The van der Waals surface area contributed by atoms with Crippen LogP contribution in [-0.2, 0) is 4.84 Å². The Bertz CT molecular complexity index is 362. The zero-order chi connectivity index (χ0) is 10.4. The van der Waals surface area contributed by atoms with E-state index >= 15 is 0 Å². The highest BCUT2D eigenvalue weighted by Crippen LogP contribution is 2.22. The van der Waals surface area contributed by atoms with Gasteiger partial charge in [0.25, 0.3) is 0 Å². The topological polar surface area (TPSA) is 21.6 Å². The molecule has 1 aromatic rings. The summed E-state index contributed by atoms with van der Waals surface area (Å²) < 4.78 is 0. The summed E-state index contributed by atoms with van der Waals surface area (Å²) in [7, 11) is 0. The van der Waals surface area contributed by atoms with Crippen LogP contribution < -0.4 is 0 Å². The highest BCUT2D eigenvalue weighted by atomic mass is 35.5. The molecule has 0 radical (unpaired) electrons. The van der Waals surface area contributed by atoms with Crippen LogP contribution in [0.25, 0.3) is 0 Å². The van der Waals surface area contributed by atoms with Gasteiger partial charge in [-0.1, -0.05) is 40.3 Å². The maximum Gasteiger partial charge on any atom is 0.177 e. The van der Waals surface area contributed by atoms with E-state index in [1.54, 1.807) is 18.2 Å². The molecular formula is C10H7Cl2NO. The Morgan fingerprint density at radius 1 is 1.43 bits per heavy atom. The lowest BCUT2D eigenvalue weighted by molar-refractivity contribution is 0.181. The fraction of sp³-hybridized carbons (Fsp3) is 0.100. The molecule has 0 spiro atoms. The summed E-state index contributed by atoms with van der Waals surface area (Å²) in [6.45, 7) is 0.124. The van der Waals surface area contributed by atoms with Crippen molar-refractivity contribution in [2.75, 3.05) is 6.61 Å². The quantitative estimate of drug-likeness (QED) is 0.337. The van der Waals surface area contributed by atoms with Crippen LogP contribution in [0.2, 0.25) is 10.0 Å². The smallest absolute Gasteiger partial charge is 0.177 e. The summed E-state index contributed by atoms with van der Waals surface area (Å²) in [6, 6.07) is 5.19. The molecule has 1 rings (SSSR count). The van der Waals surface area contributed by atoms with Gasteiger partial charge in [0.05, 0.1) is 16.3 Å². The molecule has 0 amide bonds. The highest BCUT2D eigenvalue weighted by molar-refractivity contribution is 6.38. The lowest BCUT2D eigenvalue weighted by atomic mass is 10.2. The van der Waals surface area contributed by atoms with Crippen LogP contribution in [0.15, 0.2) is 23.4 Å². The van der Waals surface area contributed by atoms with Crippen LogP contribution in [0.4, 0.5) is 0 Å². The molecule has 0 aliphatic heterocycles. The van der Waals surface area contributed by atoms with Crippen LogP contribution in [-0.4, -0.2) is 12.8 Å². The molecule has 0 saturated heterocycles. The molecule has 0 atom stereocenters. The molecular weight excluding hydrogens is 221 g/mol. The van der Waals surface area contributed by atoms with Gasteiger partial charge in [-0.15, -0.1) is 6.42 Å². The third-order valence-corrected chi connectivity index (χ3v) is 2.06. The average Bonchev–Trinajstić information content (AvgIpc) is 2.16. The molecule has 0 unspecified atom stereocenters. The van der Waals surface area contributed by atoms with Crippen molar-refractivity contribution in [3.05, 3.63) is 33.8 Å². The minimum absolute atomic E-state index is 0.124. The second kappa shape index (κ2) is 5.54. The Balaban J connectivity index is 2.76. The van der Waals surface area contributed by atoms with Gasteiger partial charge in [0.15, 0.2) is 6.61 Å². The maximum absolute atomic E-state index is 5.87. The van der Waals surface area contributed by atoms with Gasteiger partial charge >= 0.3 is 0 Å². The Labute approximate surface area is 92.5 Å². The number of nitrogens with zero attached hydrogens (tertiary/aromatic N) is 1. The molecule has 0 heterocycles. The molecule has 0 saturated carbocycles. The Morgan fingerprint density at radius 3 is 2.64 bits per heavy atom. The molecule has 4 heteroatoms. The fourth-order valence-corrected chi connectivity index (χ4v) is 1.29. The average molecular weight is 228 g/mol. The zero-order valence-corrected chi connectivity index (χ0v) is 8.72. The largest absolute Gasteiger partial charge is 0.383 e. The second-order valence-corrected chi connectivity index (χ2v) is 3.16. The standard InChI is InChI=1S/C10H7Cl2NO/c1-2-6-14-13-7-8-9(11)4-3-5-10(8)12/h1,3-5,7H,6H2/b13-7+. The van der Waals surface area contributed by atoms with E-state index in [4.69, 9.17) is 34.5 Å². The maximum atomic E-state index is 5.87. The van der Waals surface area contributed by atoms with Crippen LogP contribution in [0.1, 0.15) is 5.56 Å². The van der Waals surface area contributed by atoms with Gasteiger partial charge in [0.2, 0.25) is 0 Å². The van der Waals surface area contributed by atoms with E-state index in [-0.39, 0.29) is 6.61 Å². The number of hydrogen-bond acceptors (Lipinski definition) is 2. The van der Waals surface area contributed by atoms with Gasteiger partial charge in [0, 0.05) is 5.56 Å². The van der Waals surface area contributed by atoms with Crippen LogP contribution in [0, 0.1) is 12.3 Å². The first-order valence-electron chi connectivity index (χ1n) is 3.78. The van der Waals surface area contributed by atoms with Gasteiger partial charge < -0.3 is 4.84 Å². The third-order valence-electron chi connectivity index (χ3n) is 1.40. The molecule has 1 aromatic carbocycles. The van der Waals surface area contributed by atoms with Crippen molar-refractivity contribution >= 4 is 29.4 Å². The lowest BCUT2D eigenvalue weighted by Gasteiger charge is -1.99. The Hall–Kier alpha value is -1.17. The molecule has 0 fully saturated rings. The van der Waals surface area contributed by atoms with Gasteiger partial charge in [-0.3, -0.25) is 0 Å². The SMILES string of the molecule is C#CCO/N=C/c1c(Cl)cccc1Cl. The van der Waals surface area contributed by atoms with Crippen LogP contribution in [0.5, 0.6) is 0 Å². The molecule has 0 aromatic heterocycles. The minimum Gasteiger partial charge on any atom is -0.383 e. The van der Waals surface area contributed by atoms with Crippen molar-refractivity contribution in [2.24, 2.45) is 5.16 Å². The van der Waals surface area contributed by atoms with Crippen LogP contribution >= 0.6 is 23.2 Å². The van der Waals surface area contributed by atoms with E-state index in [1.807, 2.05) is 0 Å². The lowest BCUT2D eigenvalue weighted by Crippen LogP contribution is -1.87. The number of halogens is 2. The molecule has 2 nitrogen and oxygen atoms in total. The summed E-state index contributed by atoms with van der Waals surface area (Å²) in [4.78, 5) is 4.71. The number of rotatable bonds is 3. The first-order chi connectivity index (χ1) is 6.75. The third kappa shape index (κ3) is 2.95. The first-order valence-corrected chi connectivity index (χ1v) is 4.54. The second-order valence-electron chi connectivity index (χ2n) is 2.35.